The maximum atomic E-state index is 4.98. The summed E-state index contributed by atoms with van der Waals surface area (Å²) in [6, 6.07) is 2.71. The van der Waals surface area contributed by atoms with Crippen LogP contribution in [0.3, 0.4) is 0 Å². The third kappa shape index (κ3) is 10.1. The van der Waals surface area contributed by atoms with E-state index in [1.165, 1.54) is 25.1 Å². The summed E-state index contributed by atoms with van der Waals surface area (Å²) in [7, 11) is 6.68. The van der Waals surface area contributed by atoms with Gasteiger partial charge in [0.1, 0.15) is 0 Å². The summed E-state index contributed by atoms with van der Waals surface area (Å²) in [5.74, 6) is 0. The number of hydrogen-bond acceptors (Lipinski definition) is 2. The van der Waals surface area contributed by atoms with E-state index in [9.17, 15) is 0 Å². The summed E-state index contributed by atoms with van der Waals surface area (Å²) in [6.07, 6.45) is 1.35. The second-order valence-electron chi connectivity index (χ2n) is 3.02. The third-order valence-corrected chi connectivity index (χ3v) is 3.00. The Bertz CT molecular complexity index is 78.5. The number of rotatable bonds is 7. The molecule has 0 saturated heterocycles. The summed E-state index contributed by atoms with van der Waals surface area (Å²) >= 11 is 0. The van der Waals surface area contributed by atoms with E-state index < -0.39 is 0 Å². The van der Waals surface area contributed by atoms with Gasteiger partial charge in [0, 0.05) is 23.2 Å². The molecule has 0 aromatic rings. The molecule has 0 aliphatic carbocycles. The van der Waals surface area contributed by atoms with Gasteiger partial charge < -0.3 is 9.64 Å². The van der Waals surface area contributed by atoms with Crippen LogP contribution in [0, 0.1) is 0 Å². The van der Waals surface area contributed by atoms with Gasteiger partial charge in [-0.2, -0.15) is 0 Å². The van der Waals surface area contributed by atoms with Crippen LogP contribution in [0.25, 0.3) is 0 Å². The maximum absolute atomic E-state index is 4.98. The van der Waals surface area contributed by atoms with E-state index in [4.69, 9.17) is 4.74 Å². The van der Waals surface area contributed by atoms with Crippen LogP contribution in [-0.2, 0) is 4.74 Å². The largest absolute Gasteiger partial charge is 0.385 e. The number of ether oxygens (including phenoxy) is 1. The Kier molecular flexibility index (Phi) is 8.34. The van der Waals surface area contributed by atoms with Gasteiger partial charge in [0.15, 0.2) is 0 Å². The Labute approximate surface area is 72.7 Å². The maximum Gasteiger partial charge on any atom is 0.0434 e. The van der Waals surface area contributed by atoms with Gasteiger partial charge in [-0.05, 0) is 33.1 Å². The fourth-order valence-electron chi connectivity index (χ4n) is 0.897. The molecule has 1 radical (unpaired) electrons. The van der Waals surface area contributed by atoms with Crippen LogP contribution in [0.1, 0.15) is 6.42 Å². The highest BCUT2D eigenvalue weighted by atomic mass is 28.2. The van der Waals surface area contributed by atoms with Crippen LogP contribution < -0.4 is 0 Å². The lowest BCUT2D eigenvalue weighted by atomic mass is 10.5. The molecule has 0 aromatic carbocycles. The molecule has 0 spiro atoms. The van der Waals surface area contributed by atoms with Gasteiger partial charge in [-0.3, -0.25) is 0 Å². The van der Waals surface area contributed by atoms with Crippen LogP contribution in [0.15, 0.2) is 0 Å². The Morgan fingerprint density at radius 1 is 1.27 bits per heavy atom. The van der Waals surface area contributed by atoms with Crippen molar-refractivity contribution in [1.29, 1.82) is 0 Å². The minimum Gasteiger partial charge on any atom is -0.385 e. The first-order valence-corrected chi connectivity index (χ1v) is 5.86. The van der Waals surface area contributed by atoms with Crippen LogP contribution >= 0.6 is 0 Å². The quantitative estimate of drug-likeness (QED) is 0.419. The summed E-state index contributed by atoms with van der Waals surface area (Å²) < 4.78 is 4.98. The van der Waals surface area contributed by atoms with Gasteiger partial charge in [-0.15, -0.1) is 0 Å². The molecule has 0 atom stereocenters. The Morgan fingerprint density at radius 2 is 2.00 bits per heavy atom. The Balaban J connectivity index is 2.80. The van der Waals surface area contributed by atoms with E-state index in [1.807, 2.05) is 0 Å². The molecule has 0 saturated carbocycles. The standard InChI is InChI=1S/C8H20NOSi/c1-9(2)5-4-7-11-8-6-10-3/h11H,4-8H2,1-3H3. The Morgan fingerprint density at radius 3 is 2.55 bits per heavy atom. The fourth-order valence-corrected chi connectivity index (χ4v) is 2.06. The minimum absolute atomic E-state index is 0.646. The second kappa shape index (κ2) is 8.24. The van der Waals surface area contributed by atoms with Crippen LogP contribution in [0.2, 0.25) is 12.1 Å². The van der Waals surface area contributed by atoms with E-state index in [2.05, 4.69) is 19.0 Å². The van der Waals surface area contributed by atoms with Crippen LogP contribution in [-0.4, -0.2) is 48.8 Å². The van der Waals surface area contributed by atoms with Crippen LogP contribution in [0.4, 0.5) is 0 Å². The zero-order chi connectivity index (χ0) is 8.53. The highest BCUT2D eigenvalue weighted by molar-refractivity contribution is 6.35. The predicted octanol–water partition coefficient (Wildman–Crippen LogP) is 0.858. The first kappa shape index (κ1) is 11.1. The summed E-state index contributed by atoms with van der Waals surface area (Å²) in [5, 5.41) is 0. The lowest BCUT2D eigenvalue weighted by Crippen LogP contribution is -2.13. The highest BCUT2D eigenvalue weighted by Gasteiger charge is 1.91. The first-order chi connectivity index (χ1) is 5.27. The van der Waals surface area contributed by atoms with E-state index >= 15 is 0 Å². The average Bonchev–Trinajstić information content (AvgIpc) is 1.96. The zero-order valence-electron chi connectivity index (χ0n) is 7.97. The average molecular weight is 174 g/mol. The van der Waals surface area contributed by atoms with Gasteiger partial charge in [-0.25, -0.2) is 0 Å². The van der Waals surface area contributed by atoms with Crippen molar-refractivity contribution in [2.75, 3.05) is 34.4 Å². The minimum atomic E-state index is 0.646. The van der Waals surface area contributed by atoms with Crippen molar-refractivity contribution >= 4 is 9.52 Å². The van der Waals surface area contributed by atoms with Crippen molar-refractivity contribution in [2.24, 2.45) is 0 Å². The molecular formula is C8H20NOSi. The van der Waals surface area contributed by atoms with Crippen molar-refractivity contribution in [3.8, 4) is 0 Å². The van der Waals surface area contributed by atoms with E-state index in [-0.39, 0.29) is 0 Å². The van der Waals surface area contributed by atoms with Gasteiger partial charge in [0.05, 0.1) is 0 Å². The molecule has 0 unspecified atom stereocenters. The molecule has 0 aliphatic rings. The van der Waals surface area contributed by atoms with Crippen LogP contribution in [0.5, 0.6) is 0 Å². The highest BCUT2D eigenvalue weighted by Crippen LogP contribution is 1.93. The molecule has 0 fully saturated rings. The lowest BCUT2D eigenvalue weighted by molar-refractivity contribution is 0.215. The molecule has 67 valence electrons. The number of hydrogen-bond donors (Lipinski definition) is 0. The summed E-state index contributed by atoms with van der Waals surface area (Å²) in [5.41, 5.74) is 0. The number of nitrogens with zero attached hydrogens (tertiary/aromatic N) is 1. The molecule has 0 bridgehead atoms. The monoisotopic (exact) mass is 174 g/mol. The first-order valence-electron chi connectivity index (χ1n) is 4.22. The smallest absolute Gasteiger partial charge is 0.0434 e. The second-order valence-corrected chi connectivity index (χ2v) is 4.75. The van der Waals surface area contributed by atoms with Crippen molar-refractivity contribution in [3.63, 3.8) is 0 Å². The van der Waals surface area contributed by atoms with Gasteiger partial charge in [0.2, 0.25) is 0 Å². The van der Waals surface area contributed by atoms with E-state index in [0.717, 1.165) is 6.61 Å². The SMILES string of the molecule is COCC[SiH]CCCN(C)C. The molecule has 0 N–H and O–H groups in total. The van der Waals surface area contributed by atoms with Gasteiger partial charge in [-0.1, -0.05) is 6.04 Å². The molecule has 0 rings (SSSR count). The van der Waals surface area contributed by atoms with Crippen molar-refractivity contribution in [1.82, 2.24) is 4.90 Å². The number of methoxy groups -OCH3 is 1. The Hall–Kier alpha value is 0.137. The molecule has 0 amide bonds. The van der Waals surface area contributed by atoms with E-state index in [0.29, 0.717) is 9.52 Å². The molecule has 11 heavy (non-hydrogen) atoms. The lowest BCUT2D eigenvalue weighted by Gasteiger charge is -2.07. The van der Waals surface area contributed by atoms with Crippen molar-refractivity contribution in [3.05, 3.63) is 0 Å². The molecule has 0 aromatic heterocycles. The molecule has 3 heteroatoms. The van der Waals surface area contributed by atoms with Gasteiger partial charge >= 0.3 is 0 Å². The predicted molar refractivity (Wildman–Crippen MR) is 51.8 cm³/mol. The molecule has 0 aliphatic heterocycles. The zero-order valence-corrected chi connectivity index (χ0v) is 9.12. The summed E-state index contributed by atoms with van der Waals surface area (Å²) in [6.45, 7) is 2.19. The van der Waals surface area contributed by atoms with Crippen molar-refractivity contribution < 1.29 is 4.74 Å². The fraction of sp³-hybridized carbons (Fsp3) is 1.00. The third-order valence-electron chi connectivity index (χ3n) is 1.54. The topological polar surface area (TPSA) is 12.5 Å². The molecule has 2 nitrogen and oxygen atoms in total. The van der Waals surface area contributed by atoms with Crippen molar-refractivity contribution in [2.45, 2.75) is 18.5 Å². The van der Waals surface area contributed by atoms with Gasteiger partial charge in [0.25, 0.3) is 0 Å². The van der Waals surface area contributed by atoms with E-state index in [1.54, 1.807) is 7.11 Å². The molecule has 0 heterocycles. The summed E-state index contributed by atoms with van der Waals surface area (Å²) in [4.78, 5) is 2.25. The normalized spacial score (nSPS) is 10.9. The molecular weight excluding hydrogens is 154 g/mol.